The second-order valence-electron chi connectivity index (χ2n) is 6.27. The molecule has 0 aliphatic carbocycles. The molecule has 1 aromatic rings. The van der Waals surface area contributed by atoms with Crippen LogP contribution in [0.5, 0.6) is 0 Å². The summed E-state index contributed by atoms with van der Waals surface area (Å²) in [4.78, 5) is 22.1. The van der Waals surface area contributed by atoms with Crippen molar-refractivity contribution < 1.29 is 4.79 Å². The normalized spacial score (nSPS) is 15.8. The summed E-state index contributed by atoms with van der Waals surface area (Å²) in [6.07, 6.45) is 1.75. The second kappa shape index (κ2) is 10.8. The predicted octanol–water partition coefficient (Wildman–Crippen LogP) is 2.48. The third kappa shape index (κ3) is 6.96. The Hall–Kier alpha value is -1.10. The van der Waals surface area contributed by atoms with Gasteiger partial charge in [-0.2, -0.15) is 0 Å². The van der Waals surface area contributed by atoms with Crippen molar-refractivity contribution in [3.8, 4) is 0 Å². The van der Waals surface area contributed by atoms with E-state index in [1.54, 1.807) is 16.2 Å². The third-order valence-corrected chi connectivity index (χ3v) is 5.15. The number of urea groups is 1. The molecule has 2 rings (SSSR count). The number of primary amides is 1. The predicted molar refractivity (Wildman–Crippen MR) is 114 cm³/mol. The molecule has 2 heterocycles. The zero-order valence-corrected chi connectivity index (χ0v) is 18.3. The first kappa shape index (κ1) is 21.9. The smallest absolute Gasteiger partial charge is 0.314 e. The number of hydrogen-bond acceptors (Lipinski definition) is 4. The van der Waals surface area contributed by atoms with Crippen molar-refractivity contribution in [3.05, 3.63) is 16.1 Å². The molecule has 0 radical (unpaired) electrons. The SMILES string of the molecule is CCNC(=NCc1csc(C(C)C)n1)NC1CCN(C(N)=O)CC1.I. The monoisotopic (exact) mass is 480 g/mol. The van der Waals surface area contributed by atoms with Crippen molar-refractivity contribution in [2.75, 3.05) is 19.6 Å². The summed E-state index contributed by atoms with van der Waals surface area (Å²) in [6, 6.07) is -0.0291. The first-order valence-corrected chi connectivity index (χ1v) is 9.41. The fourth-order valence-corrected chi connectivity index (χ4v) is 3.40. The van der Waals surface area contributed by atoms with Crippen molar-refractivity contribution in [1.82, 2.24) is 20.5 Å². The molecule has 4 N–H and O–H groups in total. The minimum atomic E-state index is -0.335. The quantitative estimate of drug-likeness (QED) is 0.343. The molecule has 1 aliphatic rings. The zero-order chi connectivity index (χ0) is 17.5. The molecule has 0 spiro atoms. The van der Waals surface area contributed by atoms with Crippen LogP contribution in [0.3, 0.4) is 0 Å². The lowest BCUT2D eigenvalue weighted by Gasteiger charge is -2.32. The number of piperidine rings is 1. The molecule has 0 aromatic carbocycles. The van der Waals surface area contributed by atoms with Crippen molar-refractivity contribution in [2.45, 2.75) is 52.1 Å². The molecule has 0 atom stereocenters. The second-order valence-corrected chi connectivity index (χ2v) is 7.16. The van der Waals surface area contributed by atoms with Crippen molar-refractivity contribution in [2.24, 2.45) is 10.7 Å². The number of guanidine groups is 1. The van der Waals surface area contributed by atoms with Crippen LogP contribution in [-0.4, -0.2) is 47.6 Å². The van der Waals surface area contributed by atoms with E-state index in [9.17, 15) is 4.79 Å². The maximum absolute atomic E-state index is 11.2. The van der Waals surface area contributed by atoms with Gasteiger partial charge in [-0.1, -0.05) is 13.8 Å². The average molecular weight is 480 g/mol. The number of aromatic nitrogens is 1. The molecular formula is C16H29IN6OS. The number of amides is 2. The number of thiazole rings is 1. The minimum absolute atomic E-state index is 0. The molecule has 2 amide bonds. The van der Waals surface area contributed by atoms with Crippen LogP contribution >= 0.6 is 35.3 Å². The number of carbonyl (C=O) groups is 1. The molecule has 0 bridgehead atoms. The van der Waals surface area contributed by atoms with Crippen LogP contribution in [0.4, 0.5) is 4.79 Å². The summed E-state index contributed by atoms with van der Waals surface area (Å²) in [5.41, 5.74) is 6.33. The maximum atomic E-state index is 11.2. The molecular weight excluding hydrogens is 451 g/mol. The lowest BCUT2D eigenvalue weighted by atomic mass is 10.1. The number of hydrogen-bond donors (Lipinski definition) is 3. The molecule has 0 saturated carbocycles. The van der Waals surface area contributed by atoms with Crippen LogP contribution in [0.2, 0.25) is 0 Å². The van der Waals surface area contributed by atoms with Crippen molar-refractivity contribution >= 4 is 47.3 Å². The topological polar surface area (TPSA) is 95.6 Å². The van der Waals surface area contributed by atoms with E-state index in [0.717, 1.165) is 36.0 Å². The summed E-state index contributed by atoms with van der Waals surface area (Å²) in [5, 5.41) is 9.95. The Morgan fingerprint density at radius 2 is 2.16 bits per heavy atom. The molecule has 1 fully saturated rings. The zero-order valence-electron chi connectivity index (χ0n) is 15.1. The number of carbonyl (C=O) groups excluding carboxylic acids is 1. The summed E-state index contributed by atoms with van der Waals surface area (Å²) in [6.45, 7) is 9.10. The Morgan fingerprint density at radius 3 is 2.68 bits per heavy atom. The first-order chi connectivity index (χ1) is 11.5. The molecule has 7 nitrogen and oxygen atoms in total. The van der Waals surface area contributed by atoms with Gasteiger partial charge in [0.2, 0.25) is 0 Å². The van der Waals surface area contributed by atoms with E-state index < -0.39 is 0 Å². The van der Waals surface area contributed by atoms with Crippen LogP contribution in [-0.2, 0) is 6.54 Å². The highest BCUT2D eigenvalue weighted by Crippen LogP contribution is 2.19. The Kier molecular flexibility index (Phi) is 9.47. The van der Waals surface area contributed by atoms with Crippen molar-refractivity contribution in [3.63, 3.8) is 0 Å². The molecule has 1 aliphatic heterocycles. The number of nitrogens with two attached hydrogens (primary N) is 1. The largest absolute Gasteiger partial charge is 0.357 e. The number of likely N-dealkylation sites (tertiary alicyclic amines) is 1. The highest BCUT2D eigenvalue weighted by molar-refractivity contribution is 14.0. The van der Waals surface area contributed by atoms with Gasteiger partial charge in [-0.05, 0) is 19.8 Å². The highest BCUT2D eigenvalue weighted by atomic mass is 127. The van der Waals surface area contributed by atoms with Crippen LogP contribution in [0.1, 0.15) is 50.2 Å². The van der Waals surface area contributed by atoms with Gasteiger partial charge in [0, 0.05) is 37.0 Å². The van der Waals surface area contributed by atoms with E-state index in [0.29, 0.717) is 31.6 Å². The van der Waals surface area contributed by atoms with E-state index in [2.05, 4.69) is 39.8 Å². The fourth-order valence-electron chi connectivity index (χ4n) is 2.58. The van der Waals surface area contributed by atoms with Gasteiger partial charge in [0.15, 0.2) is 5.96 Å². The van der Waals surface area contributed by atoms with Crippen LogP contribution < -0.4 is 16.4 Å². The summed E-state index contributed by atoms with van der Waals surface area (Å²) >= 11 is 1.69. The van der Waals surface area contributed by atoms with Gasteiger partial charge in [-0.25, -0.2) is 14.8 Å². The Labute approximate surface area is 170 Å². The van der Waals surface area contributed by atoms with Crippen LogP contribution in [0.15, 0.2) is 10.4 Å². The number of nitrogens with zero attached hydrogens (tertiary/aromatic N) is 3. The molecule has 0 unspecified atom stereocenters. The first-order valence-electron chi connectivity index (χ1n) is 8.53. The molecule has 25 heavy (non-hydrogen) atoms. The maximum Gasteiger partial charge on any atom is 0.314 e. The number of aliphatic imine (C=N–C) groups is 1. The van der Waals surface area contributed by atoms with Gasteiger partial charge in [0.05, 0.1) is 17.2 Å². The molecule has 142 valence electrons. The fraction of sp³-hybridized carbons (Fsp3) is 0.688. The average Bonchev–Trinajstić information content (AvgIpc) is 3.02. The van der Waals surface area contributed by atoms with Crippen LogP contribution in [0.25, 0.3) is 0 Å². The third-order valence-electron chi connectivity index (χ3n) is 3.95. The van der Waals surface area contributed by atoms with Gasteiger partial charge in [-0.15, -0.1) is 35.3 Å². The lowest BCUT2D eigenvalue weighted by Crippen LogP contribution is -2.50. The van der Waals surface area contributed by atoms with E-state index in [1.807, 2.05) is 6.92 Å². The Morgan fingerprint density at radius 1 is 1.48 bits per heavy atom. The van der Waals surface area contributed by atoms with Gasteiger partial charge >= 0.3 is 6.03 Å². The number of nitrogens with one attached hydrogen (secondary N) is 2. The highest BCUT2D eigenvalue weighted by Gasteiger charge is 2.21. The van der Waals surface area contributed by atoms with Crippen molar-refractivity contribution in [1.29, 1.82) is 0 Å². The molecule has 1 aromatic heterocycles. The van der Waals surface area contributed by atoms with E-state index >= 15 is 0 Å². The minimum Gasteiger partial charge on any atom is -0.357 e. The number of halogens is 1. The van der Waals surface area contributed by atoms with Crippen LogP contribution in [0, 0.1) is 0 Å². The Balaban J connectivity index is 0.00000312. The van der Waals surface area contributed by atoms with Gasteiger partial charge in [-0.3, -0.25) is 0 Å². The Bertz CT molecular complexity index is 569. The molecule has 1 saturated heterocycles. The van der Waals surface area contributed by atoms with E-state index in [4.69, 9.17) is 5.73 Å². The van der Waals surface area contributed by atoms with E-state index in [-0.39, 0.29) is 30.0 Å². The van der Waals surface area contributed by atoms with E-state index in [1.165, 1.54) is 0 Å². The van der Waals surface area contributed by atoms with Gasteiger partial charge in [0.25, 0.3) is 0 Å². The summed E-state index contributed by atoms with van der Waals surface area (Å²) in [5.74, 6) is 1.25. The summed E-state index contributed by atoms with van der Waals surface area (Å²) in [7, 11) is 0. The summed E-state index contributed by atoms with van der Waals surface area (Å²) < 4.78 is 0. The lowest BCUT2D eigenvalue weighted by molar-refractivity contribution is 0.188. The van der Waals surface area contributed by atoms with Gasteiger partial charge in [0.1, 0.15) is 0 Å². The standard InChI is InChI=1S/C16H28N6OS.HI/c1-4-18-16(19-9-13-10-24-14(20-13)11(2)3)21-12-5-7-22(8-6-12)15(17)23;/h10-12H,4-9H2,1-3H3,(H2,17,23)(H2,18,19,21);1H. The number of rotatable bonds is 5. The molecule has 9 heteroatoms. The van der Waals surface area contributed by atoms with Gasteiger partial charge < -0.3 is 21.3 Å².